The number of hydrogen-bond donors (Lipinski definition) is 1. The van der Waals surface area contributed by atoms with Gasteiger partial charge in [0.1, 0.15) is 0 Å². The number of carbonyl (C=O) groups excluding carboxylic acids is 2. The number of sulfonamides is 1. The van der Waals surface area contributed by atoms with Crippen LogP contribution >= 0.6 is 22.7 Å². The van der Waals surface area contributed by atoms with Crippen LogP contribution in [0.2, 0.25) is 0 Å². The monoisotopic (exact) mass is 603 g/mol. The summed E-state index contributed by atoms with van der Waals surface area (Å²) in [6.45, 7) is 2.85. The second kappa shape index (κ2) is 13.1. The van der Waals surface area contributed by atoms with E-state index < -0.39 is 28.5 Å². The summed E-state index contributed by atoms with van der Waals surface area (Å²) in [6.07, 6.45) is 1.74. The Kier molecular flexibility index (Phi) is 9.29. The molecule has 0 bridgehead atoms. The van der Waals surface area contributed by atoms with Crippen LogP contribution in [-0.2, 0) is 33.8 Å². The third kappa shape index (κ3) is 6.79. The minimum absolute atomic E-state index is 0.0672. The van der Waals surface area contributed by atoms with Gasteiger partial charge in [-0.3, -0.25) is 4.79 Å². The third-order valence-electron chi connectivity index (χ3n) is 6.37. The average Bonchev–Trinajstić information content (AvgIpc) is 3.70. The normalized spacial score (nSPS) is 17.0. The van der Waals surface area contributed by atoms with Crippen molar-refractivity contribution in [3.05, 3.63) is 63.0 Å². The molecule has 1 aromatic carbocycles. The lowest BCUT2D eigenvalue weighted by Crippen LogP contribution is -2.40. The summed E-state index contributed by atoms with van der Waals surface area (Å²) in [6, 6.07) is 12.1. The summed E-state index contributed by atoms with van der Waals surface area (Å²) in [5, 5.41) is 6.55. The van der Waals surface area contributed by atoms with Crippen molar-refractivity contribution in [2.45, 2.75) is 4.90 Å². The topological polar surface area (TPSA) is 114 Å². The molecule has 0 radical (unpaired) electrons. The van der Waals surface area contributed by atoms with Gasteiger partial charge in [0.05, 0.1) is 48.3 Å². The van der Waals surface area contributed by atoms with Crippen LogP contribution in [0, 0.1) is 0 Å². The first-order chi connectivity index (χ1) is 19.4. The Morgan fingerprint density at radius 3 is 2.33 bits per heavy atom. The van der Waals surface area contributed by atoms with E-state index in [0.717, 1.165) is 9.75 Å². The molecule has 0 atom stereocenters. The highest BCUT2D eigenvalue weighted by molar-refractivity contribution is 7.89. The van der Waals surface area contributed by atoms with Crippen molar-refractivity contribution in [2.24, 2.45) is 0 Å². The second-order valence-electron chi connectivity index (χ2n) is 8.97. The van der Waals surface area contributed by atoms with Gasteiger partial charge >= 0.3 is 5.97 Å². The van der Waals surface area contributed by atoms with Crippen molar-refractivity contribution in [1.82, 2.24) is 4.31 Å². The van der Waals surface area contributed by atoms with Crippen molar-refractivity contribution >= 4 is 67.6 Å². The average molecular weight is 604 g/mol. The molecule has 40 heavy (non-hydrogen) atoms. The summed E-state index contributed by atoms with van der Waals surface area (Å²) in [4.78, 5) is 29.7. The van der Waals surface area contributed by atoms with Gasteiger partial charge in [0.2, 0.25) is 10.0 Å². The molecule has 13 heteroatoms. The highest BCUT2D eigenvalue weighted by Gasteiger charge is 2.28. The van der Waals surface area contributed by atoms with Gasteiger partial charge in [-0.25, -0.2) is 13.2 Å². The van der Waals surface area contributed by atoms with Gasteiger partial charge in [-0.2, -0.15) is 4.31 Å². The first-order valence-electron chi connectivity index (χ1n) is 12.7. The number of anilines is 2. The molecule has 4 heterocycles. The van der Waals surface area contributed by atoms with Crippen LogP contribution in [0.1, 0.15) is 9.75 Å². The second-order valence-corrected chi connectivity index (χ2v) is 12.8. The number of morpholine rings is 2. The molecule has 10 nitrogen and oxygen atoms in total. The van der Waals surface area contributed by atoms with E-state index in [2.05, 4.69) is 5.32 Å². The van der Waals surface area contributed by atoms with E-state index in [1.807, 2.05) is 39.9 Å². The Bertz CT molecular complexity index is 1440. The Hall–Kier alpha value is -3.07. The molecule has 5 rings (SSSR count). The molecule has 2 saturated heterocycles. The number of esters is 1. The van der Waals surface area contributed by atoms with Gasteiger partial charge in [-0.1, -0.05) is 12.1 Å². The Morgan fingerprint density at radius 1 is 0.950 bits per heavy atom. The minimum atomic E-state index is -3.79. The van der Waals surface area contributed by atoms with Crippen molar-refractivity contribution < 1.29 is 32.2 Å². The van der Waals surface area contributed by atoms with E-state index in [0.29, 0.717) is 56.5 Å². The first kappa shape index (κ1) is 28.5. The van der Waals surface area contributed by atoms with Crippen LogP contribution in [0.5, 0.6) is 0 Å². The van der Waals surface area contributed by atoms with E-state index in [-0.39, 0.29) is 18.0 Å². The highest BCUT2D eigenvalue weighted by atomic mass is 32.2. The molecular formula is C27H29N3O7S3. The molecule has 0 spiro atoms. The lowest BCUT2D eigenvalue weighted by atomic mass is 10.2. The first-order valence-corrected chi connectivity index (χ1v) is 15.9. The number of nitrogens with one attached hydrogen (secondary N) is 1. The zero-order valence-electron chi connectivity index (χ0n) is 21.6. The smallest absolute Gasteiger partial charge is 0.340 e. The maximum Gasteiger partial charge on any atom is 0.340 e. The van der Waals surface area contributed by atoms with Crippen molar-refractivity contribution in [3.63, 3.8) is 0 Å². The molecule has 2 fully saturated rings. The van der Waals surface area contributed by atoms with E-state index in [4.69, 9.17) is 14.2 Å². The standard InChI is InChI=1S/C27H29N3O7S3/c31-26(19-37-27(32)22(25-4-2-16-39-25)17-20-3-1-15-38-20)28-23-18-21(40(33,34)30-9-13-36-14-10-30)5-6-24(23)29-7-11-35-12-8-29/h1-6,15-18H,7-14,19H2,(H,28,31). The number of rotatable bonds is 9. The molecule has 212 valence electrons. The maximum atomic E-state index is 13.3. The van der Waals surface area contributed by atoms with E-state index in [1.165, 1.54) is 33.0 Å². The predicted octanol–water partition coefficient (Wildman–Crippen LogP) is 3.39. The van der Waals surface area contributed by atoms with Gasteiger partial charge in [0.25, 0.3) is 5.91 Å². The fourth-order valence-corrected chi connectivity index (χ4v) is 7.19. The Labute approximate surface area is 240 Å². The molecule has 2 aromatic heterocycles. The van der Waals surface area contributed by atoms with Gasteiger partial charge in [0.15, 0.2) is 6.61 Å². The Morgan fingerprint density at radius 2 is 1.65 bits per heavy atom. The molecule has 1 N–H and O–H groups in total. The van der Waals surface area contributed by atoms with Crippen LogP contribution in [0.25, 0.3) is 11.6 Å². The van der Waals surface area contributed by atoms with Gasteiger partial charge in [-0.05, 0) is 47.2 Å². The van der Waals surface area contributed by atoms with E-state index >= 15 is 0 Å². The summed E-state index contributed by atoms with van der Waals surface area (Å²) in [5.74, 6) is -1.20. The maximum absolute atomic E-state index is 13.3. The quantitative estimate of drug-likeness (QED) is 0.293. The van der Waals surface area contributed by atoms with Gasteiger partial charge in [0, 0.05) is 35.9 Å². The minimum Gasteiger partial charge on any atom is -0.452 e. The zero-order chi connectivity index (χ0) is 28.0. The fraction of sp³-hybridized carbons (Fsp3) is 0.333. The lowest BCUT2D eigenvalue weighted by molar-refractivity contribution is -0.141. The molecule has 2 aliphatic rings. The van der Waals surface area contributed by atoms with Crippen molar-refractivity contribution in [2.75, 3.05) is 69.4 Å². The molecule has 0 unspecified atom stereocenters. The third-order valence-corrected chi connectivity index (χ3v) is 9.99. The van der Waals surface area contributed by atoms with Crippen molar-refractivity contribution in [3.8, 4) is 0 Å². The summed E-state index contributed by atoms with van der Waals surface area (Å²) < 4.78 is 44.1. The van der Waals surface area contributed by atoms with Crippen LogP contribution in [0.3, 0.4) is 0 Å². The molecule has 0 aliphatic carbocycles. The summed E-state index contributed by atoms with van der Waals surface area (Å²) >= 11 is 2.89. The number of amides is 1. The van der Waals surface area contributed by atoms with Crippen LogP contribution in [0.4, 0.5) is 11.4 Å². The van der Waals surface area contributed by atoms with Crippen molar-refractivity contribution in [1.29, 1.82) is 0 Å². The lowest BCUT2D eigenvalue weighted by Gasteiger charge is -2.31. The van der Waals surface area contributed by atoms with Crippen LogP contribution in [-0.4, -0.2) is 83.8 Å². The van der Waals surface area contributed by atoms with Gasteiger partial charge < -0.3 is 24.4 Å². The summed E-state index contributed by atoms with van der Waals surface area (Å²) in [7, 11) is -3.79. The SMILES string of the molecule is O=C(COC(=O)C(=Cc1cccs1)c1cccs1)Nc1cc(S(=O)(=O)N2CCOCC2)ccc1N1CCOCC1. The fourth-order valence-electron chi connectivity index (χ4n) is 4.37. The van der Waals surface area contributed by atoms with E-state index in [1.54, 1.807) is 18.2 Å². The molecule has 0 saturated carbocycles. The number of nitrogens with zero attached hydrogens (tertiary/aromatic N) is 2. The molecule has 1 amide bonds. The molecular weight excluding hydrogens is 575 g/mol. The Balaban J connectivity index is 1.34. The van der Waals surface area contributed by atoms with Crippen LogP contribution in [0.15, 0.2) is 58.1 Å². The highest BCUT2D eigenvalue weighted by Crippen LogP contribution is 2.31. The number of carbonyl (C=O) groups is 2. The van der Waals surface area contributed by atoms with Gasteiger partial charge in [-0.15, -0.1) is 22.7 Å². The molecule has 2 aliphatic heterocycles. The number of hydrogen-bond acceptors (Lipinski definition) is 10. The van der Waals surface area contributed by atoms with Crippen LogP contribution < -0.4 is 10.2 Å². The number of benzene rings is 1. The zero-order valence-corrected chi connectivity index (χ0v) is 24.1. The summed E-state index contributed by atoms with van der Waals surface area (Å²) in [5.41, 5.74) is 1.35. The predicted molar refractivity (Wildman–Crippen MR) is 155 cm³/mol. The number of ether oxygens (including phenoxy) is 3. The molecule has 3 aromatic rings. The largest absolute Gasteiger partial charge is 0.452 e. The number of thiophene rings is 2. The van der Waals surface area contributed by atoms with E-state index in [9.17, 15) is 18.0 Å².